The van der Waals surface area contributed by atoms with Gasteiger partial charge in [-0.1, -0.05) is 18.3 Å². The molecule has 0 saturated carbocycles. The third-order valence-corrected chi connectivity index (χ3v) is 5.72. The van der Waals surface area contributed by atoms with E-state index in [-0.39, 0.29) is 28.8 Å². The summed E-state index contributed by atoms with van der Waals surface area (Å²) in [5.74, 6) is -0.203. The number of H-pyrrole nitrogens is 1. The number of fused-ring (bicyclic) bond motifs is 2. The summed E-state index contributed by atoms with van der Waals surface area (Å²) in [4.78, 5) is 28.9. The molecule has 11 heteroatoms. The Morgan fingerprint density at radius 2 is 1.83 bits per heavy atom. The molecule has 35 heavy (non-hydrogen) atoms. The molecule has 0 spiro atoms. The number of aromatic nitrogens is 4. The van der Waals surface area contributed by atoms with Crippen LogP contribution in [0.15, 0.2) is 41.2 Å². The van der Waals surface area contributed by atoms with Crippen LogP contribution in [0.5, 0.6) is 17.2 Å². The highest BCUT2D eigenvalue weighted by Gasteiger charge is 2.19. The maximum Gasteiger partial charge on any atom is 0.358 e. The molecule has 2 N–H and O–H groups in total. The quantitative estimate of drug-likeness (QED) is 0.303. The molecule has 4 aromatic rings. The van der Waals surface area contributed by atoms with Crippen LogP contribution in [0, 0.1) is 0 Å². The Hall–Kier alpha value is -4.12. The molecule has 182 valence electrons. The van der Waals surface area contributed by atoms with Crippen molar-refractivity contribution in [3.05, 3.63) is 52.4 Å². The lowest BCUT2D eigenvalue weighted by Gasteiger charge is -2.26. The second-order valence-electron chi connectivity index (χ2n) is 8.16. The number of aromatic hydroxyl groups is 1. The average Bonchev–Trinajstić information content (AvgIpc) is 3.30. The number of ether oxygens (including phenoxy) is 3. The first-order chi connectivity index (χ1) is 17.0. The lowest BCUT2D eigenvalue weighted by atomic mass is 10.1. The van der Waals surface area contributed by atoms with E-state index in [1.165, 1.54) is 12.1 Å². The number of hydrogen-bond donors (Lipinski definition) is 2. The minimum atomic E-state index is -0.770. The van der Waals surface area contributed by atoms with Crippen LogP contribution in [-0.4, -0.2) is 64.1 Å². The van der Waals surface area contributed by atoms with Crippen molar-refractivity contribution in [1.82, 2.24) is 20.1 Å². The third kappa shape index (κ3) is 4.62. The van der Waals surface area contributed by atoms with Crippen molar-refractivity contribution in [2.45, 2.75) is 19.8 Å². The predicted octanol–water partition coefficient (Wildman–Crippen LogP) is 2.70. The van der Waals surface area contributed by atoms with Gasteiger partial charge in [-0.2, -0.15) is 0 Å². The number of carbonyl (C=O) groups excluding carboxylic acids is 1. The SMILES string of the molecule is CCCCOC(=O)c1[nH]c(=O)c2cc(Oc3ccc4nn(N5CCOCC5)nc4c3)ccc2c1O. The Bertz CT molecular complexity index is 1440. The molecule has 0 aliphatic carbocycles. The van der Waals surface area contributed by atoms with Gasteiger partial charge < -0.3 is 24.3 Å². The zero-order valence-electron chi connectivity index (χ0n) is 19.2. The number of nitrogens with zero attached hydrogens (tertiary/aromatic N) is 4. The van der Waals surface area contributed by atoms with Crippen molar-refractivity contribution >= 4 is 27.8 Å². The monoisotopic (exact) mass is 479 g/mol. The number of esters is 1. The number of aromatic amines is 1. The van der Waals surface area contributed by atoms with Crippen LogP contribution >= 0.6 is 0 Å². The highest BCUT2D eigenvalue weighted by atomic mass is 16.5. The van der Waals surface area contributed by atoms with E-state index in [0.29, 0.717) is 49.7 Å². The summed E-state index contributed by atoms with van der Waals surface area (Å²) in [6.45, 7) is 4.86. The Balaban J connectivity index is 1.39. The van der Waals surface area contributed by atoms with E-state index >= 15 is 0 Å². The van der Waals surface area contributed by atoms with E-state index in [9.17, 15) is 14.7 Å². The smallest absolute Gasteiger partial charge is 0.358 e. The highest BCUT2D eigenvalue weighted by molar-refractivity contribution is 5.99. The van der Waals surface area contributed by atoms with E-state index in [2.05, 4.69) is 15.2 Å². The number of morpholine rings is 1. The summed E-state index contributed by atoms with van der Waals surface area (Å²) in [5.41, 5.74) is 0.592. The van der Waals surface area contributed by atoms with Crippen molar-refractivity contribution in [3.63, 3.8) is 0 Å². The number of unbranched alkanes of at least 4 members (excludes halogenated alkanes) is 1. The van der Waals surface area contributed by atoms with Crippen LogP contribution in [0.4, 0.5) is 0 Å². The zero-order chi connectivity index (χ0) is 24.4. The number of carbonyl (C=O) groups is 1. The molecule has 5 rings (SSSR count). The van der Waals surface area contributed by atoms with E-state index in [1.54, 1.807) is 23.1 Å². The number of pyridine rings is 1. The lowest BCUT2D eigenvalue weighted by molar-refractivity contribution is 0.0489. The Kier molecular flexibility index (Phi) is 6.23. The number of nitrogens with one attached hydrogen (secondary N) is 1. The topological polar surface area (TPSA) is 132 Å². The van der Waals surface area contributed by atoms with Gasteiger partial charge >= 0.3 is 5.97 Å². The van der Waals surface area contributed by atoms with Crippen molar-refractivity contribution in [3.8, 4) is 17.2 Å². The molecular weight excluding hydrogens is 454 g/mol. The van der Waals surface area contributed by atoms with Gasteiger partial charge in [0, 0.05) is 11.5 Å². The van der Waals surface area contributed by atoms with Gasteiger partial charge in [-0.15, -0.1) is 10.2 Å². The number of benzene rings is 2. The van der Waals surface area contributed by atoms with E-state index in [4.69, 9.17) is 14.2 Å². The molecule has 1 aliphatic heterocycles. The summed E-state index contributed by atoms with van der Waals surface area (Å²) >= 11 is 0. The second kappa shape index (κ2) is 9.63. The fraction of sp³-hybridized carbons (Fsp3) is 0.333. The minimum absolute atomic E-state index is 0.185. The molecule has 2 aromatic carbocycles. The first-order valence-electron chi connectivity index (χ1n) is 11.5. The van der Waals surface area contributed by atoms with Crippen LogP contribution in [-0.2, 0) is 9.47 Å². The molecule has 3 heterocycles. The van der Waals surface area contributed by atoms with E-state index < -0.39 is 11.5 Å². The Morgan fingerprint density at radius 3 is 2.63 bits per heavy atom. The maximum absolute atomic E-state index is 12.7. The standard InChI is InChI=1S/C24H25N5O6/c1-2-3-10-34-24(32)21-22(30)17-6-4-15(13-18(17)23(31)25-21)35-16-5-7-19-20(14-16)27-29(26-19)28-8-11-33-12-9-28/h4-7,13-14,30H,2-3,8-12H2,1H3,(H,25,31). The van der Waals surface area contributed by atoms with E-state index in [1.807, 2.05) is 18.0 Å². The normalized spacial score (nSPS) is 13.9. The minimum Gasteiger partial charge on any atom is -0.505 e. The molecule has 1 aliphatic rings. The average molecular weight is 479 g/mol. The molecular formula is C24H25N5O6. The first-order valence-corrected chi connectivity index (χ1v) is 11.5. The summed E-state index contributed by atoms with van der Waals surface area (Å²) in [5, 5.41) is 22.0. The van der Waals surface area contributed by atoms with Gasteiger partial charge in [-0.25, -0.2) is 4.79 Å². The predicted molar refractivity (Wildman–Crippen MR) is 128 cm³/mol. The summed E-state index contributed by atoms with van der Waals surface area (Å²) in [7, 11) is 0. The number of rotatable bonds is 7. The molecule has 0 radical (unpaired) electrons. The summed E-state index contributed by atoms with van der Waals surface area (Å²) < 4.78 is 16.4. The molecule has 1 saturated heterocycles. The molecule has 0 unspecified atom stereocenters. The lowest BCUT2D eigenvalue weighted by Crippen LogP contribution is -2.45. The van der Waals surface area contributed by atoms with Gasteiger partial charge in [0.1, 0.15) is 22.5 Å². The van der Waals surface area contributed by atoms with Gasteiger partial charge in [-0.3, -0.25) is 9.80 Å². The summed E-state index contributed by atoms with van der Waals surface area (Å²) in [6, 6.07) is 10.00. The zero-order valence-corrected chi connectivity index (χ0v) is 19.2. The van der Waals surface area contributed by atoms with Gasteiger partial charge in [0.05, 0.1) is 38.3 Å². The molecule has 11 nitrogen and oxygen atoms in total. The van der Waals surface area contributed by atoms with Crippen molar-refractivity contribution in [2.24, 2.45) is 0 Å². The largest absolute Gasteiger partial charge is 0.505 e. The molecule has 1 fully saturated rings. The van der Waals surface area contributed by atoms with Crippen LogP contribution in [0.25, 0.3) is 21.8 Å². The Labute approximate surface area is 199 Å². The Morgan fingerprint density at radius 1 is 1.09 bits per heavy atom. The molecule has 0 amide bonds. The maximum atomic E-state index is 12.7. The van der Waals surface area contributed by atoms with Gasteiger partial charge in [0.15, 0.2) is 11.4 Å². The molecule has 0 atom stereocenters. The fourth-order valence-corrected chi connectivity index (χ4v) is 3.83. The van der Waals surface area contributed by atoms with E-state index in [0.717, 1.165) is 11.9 Å². The van der Waals surface area contributed by atoms with Crippen molar-refractivity contribution < 1.29 is 24.1 Å². The van der Waals surface area contributed by atoms with Gasteiger partial charge in [-0.05, 0) is 36.8 Å². The molecule has 0 bridgehead atoms. The van der Waals surface area contributed by atoms with Crippen LogP contribution in [0.1, 0.15) is 30.3 Å². The number of hydrogen-bond acceptors (Lipinski definition) is 9. The second-order valence-corrected chi connectivity index (χ2v) is 8.16. The van der Waals surface area contributed by atoms with Gasteiger partial charge in [0.2, 0.25) is 0 Å². The molecule has 2 aromatic heterocycles. The van der Waals surface area contributed by atoms with Crippen LogP contribution < -0.4 is 15.3 Å². The van der Waals surface area contributed by atoms with Gasteiger partial charge in [0.25, 0.3) is 5.56 Å². The van der Waals surface area contributed by atoms with Crippen LogP contribution in [0.2, 0.25) is 0 Å². The highest BCUT2D eigenvalue weighted by Crippen LogP contribution is 2.31. The van der Waals surface area contributed by atoms with Crippen LogP contribution in [0.3, 0.4) is 0 Å². The van der Waals surface area contributed by atoms with Crippen molar-refractivity contribution in [1.29, 1.82) is 0 Å². The first kappa shape index (κ1) is 22.7. The third-order valence-electron chi connectivity index (χ3n) is 5.72. The summed E-state index contributed by atoms with van der Waals surface area (Å²) in [6.07, 6.45) is 1.55. The van der Waals surface area contributed by atoms with Crippen molar-refractivity contribution in [2.75, 3.05) is 37.9 Å². The fourth-order valence-electron chi connectivity index (χ4n) is 3.83.